The monoisotopic (exact) mass is 296 g/mol. The number of rotatable bonds is 6. The van der Waals surface area contributed by atoms with Crippen molar-refractivity contribution in [2.45, 2.75) is 33.7 Å². The predicted molar refractivity (Wildman–Crippen MR) is 93.0 cm³/mol. The number of anilines is 2. The van der Waals surface area contributed by atoms with Gasteiger partial charge in [0.2, 0.25) is 5.91 Å². The summed E-state index contributed by atoms with van der Waals surface area (Å²) in [5.41, 5.74) is 4.34. The van der Waals surface area contributed by atoms with Crippen molar-refractivity contribution >= 4 is 17.3 Å². The first-order valence-corrected chi connectivity index (χ1v) is 7.72. The van der Waals surface area contributed by atoms with Crippen LogP contribution in [0.4, 0.5) is 11.4 Å². The van der Waals surface area contributed by atoms with Gasteiger partial charge in [-0.1, -0.05) is 49.7 Å². The third-order valence-electron chi connectivity index (χ3n) is 3.32. The lowest BCUT2D eigenvalue weighted by Gasteiger charge is -2.11. The summed E-state index contributed by atoms with van der Waals surface area (Å²) in [6, 6.07) is 16.3. The van der Waals surface area contributed by atoms with Gasteiger partial charge in [-0.3, -0.25) is 4.79 Å². The van der Waals surface area contributed by atoms with Crippen molar-refractivity contribution < 1.29 is 4.79 Å². The highest BCUT2D eigenvalue weighted by Crippen LogP contribution is 2.17. The normalized spacial score (nSPS) is 10.5. The molecule has 0 heterocycles. The number of aryl methyl sites for hydroxylation is 1. The van der Waals surface area contributed by atoms with Gasteiger partial charge in [-0.05, 0) is 36.6 Å². The summed E-state index contributed by atoms with van der Waals surface area (Å²) in [6.45, 7) is 6.94. The highest BCUT2D eigenvalue weighted by Gasteiger charge is 2.05. The fourth-order valence-electron chi connectivity index (χ4n) is 2.32. The molecule has 0 bridgehead atoms. The molecule has 0 aliphatic rings. The Morgan fingerprint density at radius 1 is 1.05 bits per heavy atom. The van der Waals surface area contributed by atoms with Crippen LogP contribution in [0.25, 0.3) is 0 Å². The van der Waals surface area contributed by atoms with Crippen LogP contribution >= 0.6 is 0 Å². The average Bonchev–Trinajstić information content (AvgIpc) is 2.44. The van der Waals surface area contributed by atoms with Gasteiger partial charge in [-0.15, -0.1) is 0 Å². The number of benzene rings is 2. The van der Waals surface area contributed by atoms with Crippen molar-refractivity contribution in [3.05, 3.63) is 59.7 Å². The SMILES string of the molecule is Cc1cccc(CNc2cccc(NC(=O)CC(C)C)c2)c1. The Balaban J connectivity index is 1.95. The van der Waals surface area contributed by atoms with E-state index in [1.807, 2.05) is 38.1 Å². The minimum absolute atomic E-state index is 0.0610. The number of amides is 1. The van der Waals surface area contributed by atoms with Crippen LogP contribution in [0.2, 0.25) is 0 Å². The molecule has 0 saturated carbocycles. The Labute approximate surface area is 132 Å². The van der Waals surface area contributed by atoms with Crippen LogP contribution < -0.4 is 10.6 Å². The Hall–Kier alpha value is -2.29. The van der Waals surface area contributed by atoms with Crippen LogP contribution in [0.5, 0.6) is 0 Å². The van der Waals surface area contributed by atoms with E-state index in [1.54, 1.807) is 0 Å². The van der Waals surface area contributed by atoms with E-state index in [0.29, 0.717) is 12.3 Å². The minimum Gasteiger partial charge on any atom is -0.381 e. The summed E-state index contributed by atoms with van der Waals surface area (Å²) in [7, 11) is 0. The molecule has 2 aromatic carbocycles. The Morgan fingerprint density at radius 2 is 1.77 bits per heavy atom. The summed E-state index contributed by atoms with van der Waals surface area (Å²) in [5.74, 6) is 0.425. The smallest absolute Gasteiger partial charge is 0.224 e. The van der Waals surface area contributed by atoms with Crippen molar-refractivity contribution in [2.24, 2.45) is 5.92 Å². The zero-order valence-electron chi connectivity index (χ0n) is 13.5. The van der Waals surface area contributed by atoms with Gasteiger partial charge in [0.1, 0.15) is 0 Å². The van der Waals surface area contributed by atoms with Crippen molar-refractivity contribution in [1.29, 1.82) is 0 Å². The molecule has 0 aliphatic carbocycles. The van der Waals surface area contributed by atoms with Crippen molar-refractivity contribution in [1.82, 2.24) is 0 Å². The van der Waals surface area contributed by atoms with E-state index in [2.05, 4.69) is 41.8 Å². The van der Waals surface area contributed by atoms with Crippen LogP contribution in [-0.4, -0.2) is 5.91 Å². The van der Waals surface area contributed by atoms with Gasteiger partial charge in [-0.25, -0.2) is 0 Å². The summed E-state index contributed by atoms with van der Waals surface area (Å²) in [5, 5.41) is 6.33. The molecule has 0 unspecified atom stereocenters. The van der Waals surface area contributed by atoms with Crippen molar-refractivity contribution in [3.8, 4) is 0 Å². The van der Waals surface area contributed by atoms with Crippen molar-refractivity contribution in [3.63, 3.8) is 0 Å². The van der Waals surface area contributed by atoms with E-state index in [4.69, 9.17) is 0 Å². The van der Waals surface area contributed by atoms with E-state index in [9.17, 15) is 4.79 Å². The molecule has 0 aliphatic heterocycles. The number of hydrogen-bond donors (Lipinski definition) is 2. The number of carbonyl (C=O) groups excluding carboxylic acids is 1. The molecule has 0 atom stereocenters. The van der Waals surface area contributed by atoms with Crippen LogP contribution in [0.3, 0.4) is 0 Å². The van der Waals surface area contributed by atoms with Gasteiger partial charge in [0.25, 0.3) is 0 Å². The molecule has 1 amide bonds. The second-order valence-electron chi connectivity index (χ2n) is 6.07. The topological polar surface area (TPSA) is 41.1 Å². The Kier molecular flexibility index (Phi) is 5.59. The highest BCUT2D eigenvalue weighted by atomic mass is 16.1. The number of nitrogens with one attached hydrogen (secondary N) is 2. The molecule has 2 rings (SSSR count). The molecular formula is C19H24N2O. The predicted octanol–water partition coefficient (Wildman–Crippen LogP) is 4.59. The fourth-order valence-corrected chi connectivity index (χ4v) is 2.32. The lowest BCUT2D eigenvalue weighted by Crippen LogP contribution is -2.13. The lowest BCUT2D eigenvalue weighted by molar-refractivity contribution is -0.116. The highest BCUT2D eigenvalue weighted by molar-refractivity contribution is 5.91. The summed E-state index contributed by atoms with van der Waals surface area (Å²) >= 11 is 0. The standard InChI is InChI=1S/C19H24N2O/c1-14(2)10-19(22)21-18-9-5-8-17(12-18)20-13-16-7-4-6-15(3)11-16/h4-9,11-12,14,20H,10,13H2,1-3H3,(H,21,22). The van der Waals surface area contributed by atoms with E-state index >= 15 is 0 Å². The second-order valence-corrected chi connectivity index (χ2v) is 6.07. The number of carbonyl (C=O) groups is 1. The maximum atomic E-state index is 11.8. The van der Waals surface area contributed by atoms with Crippen molar-refractivity contribution in [2.75, 3.05) is 10.6 Å². The average molecular weight is 296 g/mol. The van der Waals surface area contributed by atoms with Gasteiger partial charge < -0.3 is 10.6 Å². The first kappa shape index (κ1) is 16.1. The molecule has 22 heavy (non-hydrogen) atoms. The van der Waals surface area contributed by atoms with Gasteiger partial charge in [0.15, 0.2) is 0 Å². The van der Waals surface area contributed by atoms with E-state index in [-0.39, 0.29) is 5.91 Å². The Morgan fingerprint density at radius 3 is 2.50 bits per heavy atom. The summed E-state index contributed by atoms with van der Waals surface area (Å²) < 4.78 is 0. The molecule has 2 aromatic rings. The van der Waals surface area contributed by atoms with Gasteiger partial charge in [0.05, 0.1) is 0 Å². The van der Waals surface area contributed by atoms with Crippen LogP contribution in [0.15, 0.2) is 48.5 Å². The summed E-state index contributed by atoms with van der Waals surface area (Å²) in [6.07, 6.45) is 0.543. The van der Waals surface area contributed by atoms with Crippen LogP contribution in [0, 0.1) is 12.8 Å². The molecule has 0 radical (unpaired) electrons. The first-order chi connectivity index (χ1) is 10.5. The maximum absolute atomic E-state index is 11.8. The first-order valence-electron chi connectivity index (χ1n) is 7.72. The van der Waals surface area contributed by atoms with E-state index in [1.165, 1.54) is 11.1 Å². The molecule has 3 heteroatoms. The van der Waals surface area contributed by atoms with E-state index in [0.717, 1.165) is 17.9 Å². The fraction of sp³-hybridized carbons (Fsp3) is 0.316. The zero-order chi connectivity index (χ0) is 15.9. The Bertz CT molecular complexity index is 635. The molecule has 0 saturated heterocycles. The molecular weight excluding hydrogens is 272 g/mol. The van der Waals surface area contributed by atoms with Gasteiger partial charge in [0, 0.05) is 24.3 Å². The lowest BCUT2D eigenvalue weighted by atomic mass is 10.1. The van der Waals surface area contributed by atoms with E-state index < -0.39 is 0 Å². The largest absolute Gasteiger partial charge is 0.381 e. The van der Waals surface area contributed by atoms with Crippen LogP contribution in [-0.2, 0) is 11.3 Å². The maximum Gasteiger partial charge on any atom is 0.224 e. The summed E-state index contributed by atoms with van der Waals surface area (Å²) in [4.78, 5) is 11.8. The molecule has 2 N–H and O–H groups in total. The minimum atomic E-state index is 0.0610. The quantitative estimate of drug-likeness (QED) is 0.818. The third-order valence-corrected chi connectivity index (χ3v) is 3.32. The third kappa shape index (κ3) is 5.24. The molecule has 0 aromatic heterocycles. The number of hydrogen-bond acceptors (Lipinski definition) is 2. The molecule has 0 fully saturated rings. The zero-order valence-corrected chi connectivity index (χ0v) is 13.5. The molecule has 116 valence electrons. The van der Waals surface area contributed by atoms with Gasteiger partial charge in [-0.2, -0.15) is 0 Å². The van der Waals surface area contributed by atoms with Crippen LogP contribution in [0.1, 0.15) is 31.4 Å². The van der Waals surface area contributed by atoms with Gasteiger partial charge >= 0.3 is 0 Å². The molecule has 0 spiro atoms. The molecule has 3 nitrogen and oxygen atoms in total. The second kappa shape index (κ2) is 7.64.